The summed E-state index contributed by atoms with van der Waals surface area (Å²) in [4.78, 5) is 25.3. The molecule has 0 bridgehead atoms. The molecule has 0 amide bonds. The van der Waals surface area contributed by atoms with E-state index in [-0.39, 0.29) is 11.7 Å². The molecule has 0 spiro atoms. The average molecular weight is 416 g/mol. The topological polar surface area (TPSA) is 43.4 Å². The van der Waals surface area contributed by atoms with Gasteiger partial charge in [0, 0.05) is 38.8 Å². The van der Waals surface area contributed by atoms with Crippen LogP contribution in [0.2, 0.25) is 0 Å². The molecule has 3 saturated carbocycles. The lowest BCUT2D eigenvalue weighted by Crippen LogP contribution is -2.48. The van der Waals surface area contributed by atoms with Gasteiger partial charge in [-0.25, -0.2) is 0 Å². The maximum atomic E-state index is 13.3. The Hall–Kier alpha value is -1.12. The first kappa shape index (κ1) is 9.57. The van der Waals surface area contributed by atoms with Crippen LogP contribution in [0.5, 0.6) is 0 Å². The van der Waals surface area contributed by atoms with Gasteiger partial charge in [0.2, 0.25) is 0 Å². The molecule has 29 heavy (non-hydrogen) atoms. The minimum Gasteiger partial charge on any atom is -0.462 e. The van der Waals surface area contributed by atoms with E-state index >= 15 is 0 Å². The third-order valence-corrected chi connectivity index (χ3v) is 7.88. The fraction of sp³-hybridized carbons (Fsp3) is 0.846. The van der Waals surface area contributed by atoms with Gasteiger partial charge in [-0.2, -0.15) is 0 Å². The number of allylic oxidation sites excluding steroid dienone is 1. The van der Waals surface area contributed by atoms with Crippen molar-refractivity contribution in [3.8, 4) is 0 Å². The minimum absolute atomic E-state index is 0.121. The number of carbonyl (C=O) groups is 2. The minimum atomic E-state index is -4.28. The number of hydrogen-bond donors (Lipinski definition) is 0. The Labute approximate surface area is 198 Å². The largest absolute Gasteiger partial charge is 0.462 e. The van der Waals surface area contributed by atoms with E-state index in [0.29, 0.717) is 43.4 Å². The summed E-state index contributed by atoms with van der Waals surface area (Å²) in [5.74, 6) is -0.522. The molecule has 6 atom stereocenters. The number of esters is 1. The van der Waals surface area contributed by atoms with Crippen LogP contribution in [0.25, 0.3) is 0 Å². The van der Waals surface area contributed by atoms with Crippen LogP contribution in [0.1, 0.15) is 124 Å². The standard InChI is InChI=1S/C26H40O3/c1-3-4-5-6-7-8-25(28)29-24-14-13-23-22-11-9-18-17-19(27)10-12-20(18)21(22)15-16-26(23,24)2/h17,20-24H,3-16H2,1-2H3/t20-,21+,22+,23-,24-,26-/m0/s1/i1D3,3D2,4D2,5D2,6D2,7D2,8D2. The summed E-state index contributed by atoms with van der Waals surface area (Å²) < 4.78 is 125. The van der Waals surface area contributed by atoms with Crippen LogP contribution in [0.3, 0.4) is 0 Å². The Balaban J connectivity index is 1.56. The molecule has 0 saturated heterocycles. The fourth-order valence-electron chi connectivity index (χ4n) is 6.66. The van der Waals surface area contributed by atoms with Crippen LogP contribution in [-0.4, -0.2) is 17.9 Å². The van der Waals surface area contributed by atoms with Crippen molar-refractivity contribution in [2.24, 2.45) is 29.1 Å². The second kappa shape index (κ2) is 8.94. The predicted octanol–water partition coefficient (Wildman–Crippen LogP) is 6.40. The summed E-state index contributed by atoms with van der Waals surface area (Å²) in [5.41, 5.74) is 0.625. The normalized spacial score (nSPS) is 49.7. The van der Waals surface area contributed by atoms with Gasteiger partial charge in [0.15, 0.2) is 5.78 Å². The lowest BCUT2D eigenvalue weighted by atomic mass is 9.52. The Morgan fingerprint density at radius 1 is 1.14 bits per heavy atom. The molecule has 3 heteroatoms. The van der Waals surface area contributed by atoms with Gasteiger partial charge < -0.3 is 4.74 Å². The third-order valence-electron chi connectivity index (χ3n) is 7.88. The maximum Gasteiger partial charge on any atom is 0.306 e. The number of ether oxygens (including phenoxy) is 1. The highest BCUT2D eigenvalue weighted by atomic mass is 16.5. The van der Waals surface area contributed by atoms with Crippen molar-refractivity contribution in [1.82, 2.24) is 0 Å². The summed E-state index contributed by atoms with van der Waals surface area (Å²) in [6, 6.07) is 0. The van der Waals surface area contributed by atoms with Gasteiger partial charge in [0.05, 0.1) is 0 Å². The van der Waals surface area contributed by atoms with Gasteiger partial charge >= 0.3 is 5.97 Å². The lowest BCUT2D eigenvalue weighted by Gasteiger charge is -2.53. The van der Waals surface area contributed by atoms with Crippen LogP contribution in [0.15, 0.2) is 11.6 Å². The molecule has 162 valence electrons. The second-order valence-corrected chi connectivity index (χ2v) is 9.07. The Morgan fingerprint density at radius 2 is 2.00 bits per heavy atom. The van der Waals surface area contributed by atoms with Crippen LogP contribution >= 0.6 is 0 Å². The molecule has 0 radical (unpaired) electrons. The van der Waals surface area contributed by atoms with E-state index in [1.807, 2.05) is 6.92 Å². The molecule has 0 heterocycles. The van der Waals surface area contributed by atoms with Crippen LogP contribution in [0.4, 0.5) is 0 Å². The van der Waals surface area contributed by atoms with Crippen molar-refractivity contribution in [1.29, 1.82) is 0 Å². The van der Waals surface area contributed by atoms with E-state index < -0.39 is 62.6 Å². The Bertz CT molecular complexity index is 1210. The highest BCUT2D eigenvalue weighted by Crippen LogP contribution is 2.62. The molecule has 0 aliphatic heterocycles. The maximum absolute atomic E-state index is 13.3. The number of ketones is 1. The zero-order chi connectivity index (χ0) is 33.7. The number of fused-ring (bicyclic) bond motifs is 5. The second-order valence-electron chi connectivity index (χ2n) is 9.07. The number of rotatable bonds is 7. The van der Waals surface area contributed by atoms with Crippen LogP contribution < -0.4 is 0 Å². The van der Waals surface area contributed by atoms with E-state index in [4.69, 9.17) is 25.3 Å². The van der Waals surface area contributed by atoms with Gasteiger partial charge in [-0.1, -0.05) is 44.8 Å². The highest BCUT2D eigenvalue weighted by molar-refractivity contribution is 5.91. The quantitative estimate of drug-likeness (QED) is 0.452. The fourth-order valence-corrected chi connectivity index (χ4v) is 6.66. The first-order valence-corrected chi connectivity index (χ1v) is 10.6. The van der Waals surface area contributed by atoms with Crippen LogP contribution in [0, 0.1) is 29.1 Å². The third kappa shape index (κ3) is 4.21. The molecule has 0 aromatic heterocycles. The smallest absolute Gasteiger partial charge is 0.306 e. The highest BCUT2D eigenvalue weighted by Gasteiger charge is 2.57. The summed E-state index contributed by atoms with van der Waals surface area (Å²) in [5, 5.41) is 0. The van der Waals surface area contributed by atoms with Crippen molar-refractivity contribution >= 4 is 11.8 Å². The molecule has 4 aliphatic carbocycles. The molecule has 0 unspecified atom stereocenters. The Morgan fingerprint density at radius 3 is 2.86 bits per heavy atom. The molecular weight excluding hydrogens is 360 g/mol. The summed E-state index contributed by atoms with van der Waals surface area (Å²) in [7, 11) is 0. The molecule has 4 aliphatic rings. The van der Waals surface area contributed by atoms with Gasteiger partial charge in [-0.15, -0.1) is 0 Å². The molecular formula is C26H40O3. The van der Waals surface area contributed by atoms with Crippen molar-refractivity contribution in [2.75, 3.05) is 0 Å². The molecule has 3 fully saturated rings. The van der Waals surface area contributed by atoms with Crippen LogP contribution in [-0.2, 0) is 14.3 Å². The number of carbonyl (C=O) groups excluding carboxylic acids is 2. The molecule has 0 N–H and O–H groups in total. The Kier molecular flexibility index (Phi) is 2.95. The van der Waals surface area contributed by atoms with Crippen molar-refractivity contribution in [3.05, 3.63) is 11.6 Å². The monoisotopic (exact) mass is 415 g/mol. The molecule has 0 aromatic rings. The summed E-state index contributed by atoms with van der Waals surface area (Å²) in [6.07, 6.45) is -18.4. The zero-order valence-electron chi connectivity index (χ0n) is 31.8. The molecule has 4 rings (SSSR count). The van der Waals surface area contributed by atoms with Crippen molar-refractivity contribution < 1.29 is 34.9 Å². The van der Waals surface area contributed by atoms with Gasteiger partial charge in [0.1, 0.15) is 6.10 Å². The van der Waals surface area contributed by atoms with E-state index in [2.05, 4.69) is 0 Å². The van der Waals surface area contributed by atoms with E-state index in [9.17, 15) is 9.59 Å². The predicted molar refractivity (Wildman–Crippen MR) is 115 cm³/mol. The van der Waals surface area contributed by atoms with E-state index in [1.54, 1.807) is 6.08 Å². The van der Waals surface area contributed by atoms with Gasteiger partial charge in [-0.3, -0.25) is 9.59 Å². The van der Waals surface area contributed by atoms with E-state index in [1.165, 1.54) is 5.57 Å². The lowest BCUT2D eigenvalue weighted by molar-refractivity contribution is -0.159. The summed E-state index contributed by atoms with van der Waals surface area (Å²) in [6.45, 7) is -1.84. The first-order chi connectivity index (χ1) is 19.7. The van der Waals surface area contributed by atoms with Crippen molar-refractivity contribution in [3.63, 3.8) is 0 Å². The average Bonchev–Trinajstić information content (AvgIpc) is 3.22. The van der Waals surface area contributed by atoms with E-state index in [0.717, 1.165) is 25.7 Å². The van der Waals surface area contributed by atoms with Gasteiger partial charge in [-0.05, 0) is 81.1 Å². The van der Waals surface area contributed by atoms with Gasteiger partial charge in [0.25, 0.3) is 0 Å². The first-order valence-electron chi connectivity index (χ1n) is 18.1. The number of hydrogen-bond acceptors (Lipinski definition) is 3. The SMILES string of the molecule is [2H]C([2H])([2H])C([2H])([2H])C([2H])([2H])C([2H])([2H])C([2H])([2H])C([2H])([2H])C([2H])([2H])C(=O)O[C@H]1CC[C@H]2[C@@H]3CCC4=CC(=O)CC[C@@H]4[C@H]3CC[C@]12C. The zero-order valence-corrected chi connectivity index (χ0v) is 16.8. The summed E-state index contributed by atoms with van der Waals surface area (Å²) >= 11 is 0. The molecule has 3 nitrogen and oxygen atoms in total. The van der Waals surface area contributed by atoms with Crippen molar-refractivity contribution in [2.45, 2.75) is 109 Å². The molecule has 0 aromatic carbocycles.